The van der Waals surface area contributed by atoms with E-state index in [-0.39, 0.29) is 0 Å². The van der Waals surface area contributed by atoms with Crippen LogP contribution < -0.4 is 5.32 Å². The van der Waals surface area contributed by atoms with Crippen LogP contribution in [0.3, 0.4) is 0 Å². The summed E-state index contributed by atoms with van der Waals surface area (Å²) in [4.78, 5) is 0. The quantitative estimate of drug-likeness (QED) is 0.931. The van der Waals surface area contributed by atoms with Crippen LogP contribution in [0, 0.1) is 13.8 Å². The lowest BCUT2D eigenvalue weighted by atomic mass is 9.89. The van der Waals surface area contributed by atoms with E-state index >= 15 is 0 Å². The molecule has 118 valence electrons. The Morgan fingerprint density at radius 2 is 1.91 bits per heavy atom. The second-order valence-corrected chi connectivity index (χ2v) is 6.61. The summed E-state index contributed by atoms with van der Waals surface area (Å²) in [6.07, 6.45) is 5.19. The fraction of sp³-hybridized carbons (Fsp3) is 0.526. The zero-order valence-corrected chi connectivity index (χ0v) is 14.2. The van der Waals surface area contributed by atoms with Crippen molar-refractivity contribution in [1.29, 1.82) is 0 Å². The van der Waals surface area contributed by atoms with Gasteiger partial charge in [0.15, 0.2) is 0 Å². The summed E-state index contributed by atoms with van der Waals surface area (Å²) >= 11 is 0. The summed E-state index contributed by atoms with van der Waals surface area (Å²) in [6.45, 7) is 7.36. The zero-order valence-electron chi connectivity index (χ0n) is 14.2. The Labute approximate surface area is 133 Å². The number of rotatable bonds is 4. The molecule has 1 N–H and O–H groups in total. The van der Waals surface area contributed by atoms with Gasteiger partial charge in [0.1, 0.15) is 0 Å². The summed E-state index contributed by atoms with van der Waals surface area (Å²) in [6, 6.07) is 7.41. The van der Waals surface area contributed by atoms with Crippen LogP contribution in [0.25, 0.3) is 0 Å². The maximum Gasteiger partial charge on any atom is 0.0641 e. The van der Waals surface area contributed by atoms with Gasteiger partial charge in [-0.05, 0) is 63.1 Å². The van der Waals surface area contributed by atoms with E-state index in [1.165, 1.54) is 42.5 Å². The maximum absolute atomic E-state index is 4.50. The predicted octanol–water partition coefficient (Wildman–Crippen LogP) is 3.77. The molecular formula is C19H27N3. The first kappa shape index (κ1) is 15.3. The third-order valence-corrected chi connectivity index (χ3v) is 5.12. The number of aromatic nitrogens is 2. The van der Waals surface area contributed by atoms with Crippen LogP contribution >= 0.6 is 0 Å². The number of aryl methyl sites for hydroxylation is 4. The van der Waals surface area contributed by atoms with Crippen LogP contribution in [-0.4, -0.2) is 9.78 Å². The van der Waals surface area contributed by atoms with Crippen molar-refractivity contribution in [3.05, 3.63) is 51.8 Å². The van der Waals surface area contributed by atoms with E-state index < -0.39 is 0 Å². The smallest absolute Gasteiger partial charge is 0.0641 e. The molecule has 3 nitrogen and oxygen atoms in total. The molecule has 3 heteroatoms. The number of nitrogens with one attached hydrogen (secondary N) is 1. The normalized spacial score (nSPS) is 15.6. The van der Waals surface area contributed by atoms with Gasteiger partial charge in [0.25, 0.3) is 0 Å². The van der Waals surface area contributed by atoms with Gasteiger partial charge >= 0.3 is 0 Å². The van der Waals surface area contributed by atoms with Crippen LogP contribution in [0.5, 0.6) is 0 Å². The summed E-state index contributed by atoms with van der Waals surface area (Å²) in [5.74, 6) is 0. The van der Waals surface area contributed by atoms with Gasteiger partial charge < -0.3 is 5.32 Å². The van der Waals surface area contributed by atoms with Crippen LogP contribution in [0.2, 0.25) is 0 Å². The van der Waals surface area contributed by atoms with Crippen LogP contribution in [-0.2, 0) is 26.4 Å². The molecule has 1 heterocycles. The highest BCUT2D eigenvalue weighted by atomic mass is 15.3. The third-order valence-electron chi connectivity index (χ3n) is 5.12. The molecule has 0 spiro atoms. The third kappa shape index (κ3) is 2.95. The fourth-order valence-electron chi connectivity index (χ4n) is 3.47. The summed E-state index contributed by atoms with van der Waals surface area (Å²) in [7, 11) is 2.01. The highest BCUT2D eigenvalue weighted by Gasteiger charge is 2.14. The molecule has 1 aromatic heterocycles. The Balaban J connectivity index is 1.70. The maximum atomic E-state index is 4.50. The molecular weight excluding hydrogens is 270 g/mol. The molecule has 0 saturated carbocycles. The molecule has 0 amide bonds. The minimum atomic E-state index is 0.367. The lowest BCUT2D eigenvalue weighted by molar-refractivity contribution is 0.569. The topological polar surface area (TPSA) is 29.9 Å². The van der Waals surface area contributed by atoms with Crippen LogP contribution in [0.1, 0.15) is 59.4 Å². The lowest BCUT2D eigenvalue weighted by Gasteiger charge is -2.20. The number of fused-ring (bicyclic) bond motifs is 1. The van der Waals surface area contributed by atoms with E-state index in [9.17, 15) is 0 Å². The molecule has 0 aliphatic heterocycles. The molecule has 0 saturated heterocycles. The largest absolute Gasteiger partial charge is 0.306 e. The molecule has 1 aromatic carbocycles. The van der Waals surface area contributed by atoms with Gasteiger partial charge in [-0.2, -0.15) is 5.10 Å². The standard InChI is InChI=1S/C19H27N3/c1-13(20-12-19-14(2)21-22(4)15(19)3)17-10-9-16-7-5-6-8-18(16)11-17/h9-11,13,20H,5-8,12H2,1-4H3/t13-/m1/s1. The van der Waals surface area contributed by atoms with E-state index in [0.29, 0.717) is 6.04 Å². The summed E-state index contributed by atoms with van der Waals surface area (Å²) < 4.78 is 1.97. The van der Waals surface area contributed by atoms with E-state index in [1.54, 1.807) is 11.1 Å². The molecule has 3 rings (SSSR count). The van der Waals surface area contributed by atoms with Gasteiger partial charge in [0, 0.05) is 30.9 Å². The van der Waals surface area contributed by atoms with E-state index in [2.05, 4.69) is 49.4 Å². The van der Waals surface area contributed by atoms with Gasteiger partial charge in [-0.15, -0.1) is 0 Å². The Morgan fingerprint density at radius 3 is 2.59 bits per heavy atom. The first-order chi connectivity index (χ1) is 10.6. The number of nitrogens with zero attached hydrogens (tertiary/aromatic N) is 2. The second kappa shape index (κ2) is 6.25. The Kier molecular flexibility index (Phi) is 4.34. The lowest BCUT2D eigenvalue weighted by Crippen LogP contribution is -2.19. The van der Waals surface area contributed by atoms with Crippen molar-refractivity contribution >= 4 is 0 Å². The molecule has 1 aliphatic rings. The van der Waals surface area contributed by atoms with Crippen molar-refractivity contribution in [3.8, 4) is 0 Å². The number of hydrogen-bond acceptors (Lipinski definition) is 2. The average molecular weight is 297 g/mol. The van der Waals surface area contributed by atoms with Gasteiger partial charge in [-0.25, -0.2) is 0 Å². The Bertz CT molecular complexity index is 670. The molecule has 2 aromatic rings. The number of hydrogen-bond donors (Lipinski definition) is 1. The van der Waals surface area contributed by atoms with E-state index in [0.717, 1.165) is 12.2 Å². The van der Waals surface area contributed by atoms with Crippen molar-refractivity contribution in [3.63, 3.8) is 0 Å². The molecule has 0 fully saturated rings. The zero-order chi connectivity index (χ0) is 15.7. The van der Waals surface area contributed by atoms with Crippen LogP contribution in [0.4, 0.5) is 0 Å². The Hall–Kier alpha value is -1.61. The second-order valence-electron chi connectivity index (χ2n) is 6.61. The fourth-order valence-corrected chi connectivity index (χ4v) is 3.47. The highest BCUT2D eigenvalue weighted by Crippen LogP contribution is 2.25. The van der Waals surface area contributed by atoms with E-state index in [4.69, 9.17) is 0 Å². The van der Waals surface area contributed by atoms with Crippen molar-refractivity contribution in [2.24, 2.45) is 7.05 Å². The van der Waals surface area contributed by atoms with Crippen molar-refractivity contribution < 1.29 is 0 Å². The first-order valence-electron chi connectivity index (χ1n) is 8.40. The molecule has 1 atom stereocenters. The minimum Gasteiger partial charge on any atom is -0.306 e. The highest BCUT2D eigenvalue weighted by molar-refractivity contribution is 5.35. The average Bonchev–Trinajstić information content (AvgIpc) is 2.77. The molecule has 0 bridgehead atoms. The molecule has 1 aliphatic carbocycles. The summed E-state index contributed by atoms with van der Waals surface area (Å²) in [5, 5.41) is 8.16. The van der Waals surface area contributed by atoms with Gasteiger partial charge in [0.2, 0.25) is 0 Å². The van der Waals surface area contributed by atoms with Crippen molar-refractivity contribution in [2.45, 2.75) is 59.0 Å². The summed E-state index contributed by atoms with van der Waals surface area (Å²) in [5.41, 5.74) is 8.23. The predicted molar refractivity (Wildman–Crippen MR) is 91.0 cm³/mol. The molecule has 0 radical (unpaired) electrons. The van der Waals surface area contributed by atoms with Crippen LogP contribution in [0.15, 0.2) is 18.2 Å². The molecule has 0 unspecified atom stereocenters. The minimum absolute atomic E-state index is 0.367. The molecule has 22 heavy (non-hydrogen) atoms. The van der Waals surface area contributed by atoms with Crippen molar-refractivity contribution in [1.82, 2.24) is 15.1 Å². The Morgan fingerprint density at radius 1 is 1.18 bits per heavy atom. The van der Waals surface area contributed by atoms with Crippen molar-refractivity contribution in [2.75, 3.05) is 0 Å². The monoisotopic (exact) mass is 297 g/mol. The SMILES string of the molecule is Cc1nn(C)c(C)c1CN[C@H](C)c1ccc2c(c1)CCCC2. The first-order valence-corrected chi connectivity index (χ1v) is 8.40. The van der Waals surface area contributed by atoms with E-state index in [1.807, 2.05) is 11.7 Å². The van der Waals surface area contributed by atoms with Gasteiger partial charge in [-0.3, -0.25) is 4.68 Å². The number of benzene rings is 1. The van der Waals surface area contributed by atoms with Gasteiger partial charge in [0.05, 0.1) is 5.69 Å². The van der Waals surface area contributed by atoms with Gasteiger partial charge in [-0.1, -0.05) is 18.2 Å².